The summed E-state index contributed by atoms with van der Waals surface area (Å²) in [5, 5.41) is 6.62. The van der Waals surface area contributed by atoms with Crippen LogP contribution in [-0.2, 0) is 6.42 Å². The zero-order valence-electron chi connectivity index (χ0n) is 11.5. The zero-order chi connectivity index (χ0) is 14.4. The van der Waals surface area contributed by atoms with Gasteiger partial charge in [0.25, 0.3) is 5.91 Å². The number of thiophene rings is 1. The lowest BCUT2D eigenvalue weighted by Crippen LogP contribution is -2.25. The van der Waals surface area contributed by atoms with E-state index < -0.39 is 0 Å². The first-order valence-corrected chi connectivity index (χ1v) is 7.20. The molecule has 1 aromatic carbocycles. The molecule has 0 saturated heterocycles. The number of ether oxygens (including phenoxy) is 2. The molecule has 2 aromatic rings. The maximum absolute atomic E-state index is 11.8. The number of hydrogen-bond donors (Lipinski definition) is 1. The molecule has 1 amide bonds. The van der Waals surface area contributed by atoms with Crippen molar-refractivity contribution in [1.29, 1.82) is 0 Å². The van der Waals surface area contributed by atoms with Gasteiger partial charge in [-0.2, -0.15) is 11.3 Å². The second-order valence-electron chi connectivity index (χ2n) is 4.20. The van der Waals surface area contributed by atoms with Crippen LogP contribution in [0.1, 0.15) is 15.9 Å². The number of methoxy groups -OCH3 is 2. The van der Waals surface area contributed by atoms with Gasteiger partial charge < -0.3 is 14.8 Å². The summed E-state index contributed by atoms with van der Waals surface area (Å²) >= 11 is 1.51. The molecule has 0 saturated carbocycles. The molecule has 0 radical (unpaired) electrons. The van der Waals surface area contributed by atoms with E-state index in [-0.39, 0.29) is 5.91 Å². The molecule has 0 aliphatic rings. The van der Waals surface area contributed by atoms with Crippen molar-refractivity contribution in [1.82, 2.24) is 5.32 Å². The maximum atomic E-state index is 11.8. The molecule has 20 heavy (non-hydrogen) atoms. The first-order chi connectivity index (χ1) is 9.74. The summed E-state index contributed by atoms with van der Waals surface area (Å²) < 4.78 is 10.5. The van der Waals surface area contributed by atoms with Crippen molar-refractivity contribution in [2.75, 3.05) is 20.8 Å². The molecule has 0 spiro atoms. The zero-order valence-corrected chi connectivity index (χ0v) is 12.3. The van der Waals surface area contributed by atoms with E-state index in [0.29, 0.717) is 18.5 Å². The predicted octanol–water partition coefficient (Wildman–Crippen LogP) is 2.74. The highest BCUT2D eigenvalue weighted by Gasteiger charge is 2.08. The average molecular weight is 291 g/mol. The maximum Gasteiger partial charge on any atom is 0.252 e. The fraction of sp³-hybridized carbons (Fsp3) is 0.267. The van der Waals surface area contributed by atoms with Gasteiger partial charge in [0.2, 0.25) is 0 Å². The van der Waals surface area contributed by atoms with Gasteiger partial charge in [0.1, 0.15) is 11.5 Å². The first kappa shape index (κ1) is 14.4. The van der Waals surface area contributed by atoms with E-state index in [1.165, 1.54) is 11.3 Å². The largest absolute Gasteiger partial charge is 0.497 e. The molecule has 0 aliphatic carbocycles. The highest BCUT2D eigenvalue weighted by Crippen LogP contribution is 2.24. The molecule has 4 nitrogen and oxygen atoms in total. The molecule has 0 atom stereocenters. The topological polar surface area (TPSA) is 47.6 Å². The molecular formula is C15H17NO3S. The van der Waals surface area contributed by atoms with E-state index in [9.17, 15) is 4.79 Å². The van der Waals surface area contributed by atoms with Crippen LogP contribution in [0.4, 0.5) is 0 Å². The van der Waals surface area contributed by atoms with Crippen molar-refractivity contribution in [2.24, 2.45) is 0 Å². The fourth-order valence-corrected chi connectivity index (χ4v) is 2.52. The monoisotopic (exact) mass is 291 g/mol. The Morgan fingerprint density at radius 3 is 2.75 bits per heavy atom. The third-order valence-corrected chi connectivity index (χ3v) is 3.63. The molecule has 2 rings (SSSR count). The standard InChI is InChI=1S/C15H17NO3S/c1-18-13-3-4-14(19-2)11(9-13)5-7-16-15(17)12-6-8-20-10-12/h3-4,6,8-10H,5,7H2,1-2H3,(H,16,17). The summed E-state index contributed by atoms with van der Waals surface area (Å²) in [6.07, 6.45) is 0.691. The molecular weight excluding hydrogens is 274 g/mol. The van der Waals surface area contributed by atoms with Crippen molar-refractivity contribution >= 4 is 17.2 Å². The van der Waals surface area contributed by atoms with Crippen molar-refractivity contribution in [3.63, 3.8) is 0 Å². The van der Waals surface area contributed by atoms with Crippen LogP contribution in [0.15, 0.2) is 35.0 Å². The lowest BCUT2D eigenvalue weighted by molar-refractivity contribution is 0.0954. The molecule has 1 aromatic heterocycles. The van der Waals surface area contributed by atoms with Gasteiger partial charge in [-0.25, -0.2) is 0 Å². The Bertz CT molecular complexity index is 567. The smallest absolute Gasteiger partial charge is 0.252 e. The normalized spacial score (nSPS) is 10.1. The van der Waals surface area contributed by atoms with E-state index in [2.05, 4.69) is 5.32 Å². The van der Waals surface area contributed by atoms with E-state index in [1.807, 2.05) is 35.0 Å². The Morgan fingerprint density at radius 2 is 2.10 bits per heavy atom. The van der Waals surface area contributed by atoms with Crippen LogP contribution >= 0.6 is 11.3 Å². The van der Waals surface area contributed by atoms with Crippen molar-refractivity contribution in [3.05, 3.63) is 46.2 Å². The van der Waals surface area contributed by atoms with Crippen LogP contribution in [0.5, 0.6) is 11.5 Å². The Hall–Kier alpha value is -2.01. The Morgan fingerprint density at radius 1 is 1.25 bits per heavy atom. The second kappa shape index (κ2) is 6.96. The third kappa shape index (κ3) is 3.51. The minimum absolute atomic E-state index is 0.0480. The van der Waals surface area contributed by atoms with Gasteiger partial charge in [-0.3, -0.25) is 4.79 Å². The number of carbonyl (C=O) groups is 1. The molecule has 0 bridgehead atoms. The number of hydrogen-bond acceptors (Lipinski definition) is 4. The van der Waals surface area contributed by atoms with Crippen LogP contribution in [0, 0.1) is 0 Å². The number of benzene rings is 1. The quantitative estimate of drug-likeness (QED) is 0.890. The Kier molecular flexibility index (Phi) is 5.01. The molecule has 1 N–H and O–H groups in total. The van der Waals surface area contributed by atoms with Crippen LogP contribution in [0.25, 0.3) is 0 Å². The SMILES string of the molecule is COc1ccc(OC)c(CCNC(=O)c2ccsc2)c1. The number of rotatable bonds is 6. The lowest BCUT2D eigenvalue weighted by atomic mass is 10.1. The summed E-state index contributed by atoms with van der Waals surface area (Å²) in [5.74, 6) is 1.54. The highest BCUT2D eigenvalue weighted by atomic mass is 32.1. The van der Waals surface area contributed by atoms with Crippen LogP contribution in [-0.4, -0.2) is 26.7 Å². The van der Waals surface area contributed by atoms with E-state index in [1.54, 1.807) is 14.2 Å². The Balaban J connectivity index is 1.95. The minimum atomic E-state index is -0.0480. The van der Waals surface area contributed by atoms with Crippen LogP contribution < -0.4 is 14.8 Å². The molecule has 1 heterocycles. The van der Waals surface area contributed by atoms with Gasteiger partial charge in [0, 0.05) is 17.5 Å². The minimum Gasteiger partial charge on any atom is -0.497 e. The van der Waals surface area contributed by atoms with Crippen LogP contribution in [0.3, 0.4) is 0 Å². The highest BCUT2D eigenvalue weighted by molar-refractivity contribution is 7.08. The van der Waals surface area contributed by atoms with Crippen LogP contribution in [0.2, 0.25) is 0 Å². The molecule has 106 valence electrons. The summed E-state index contributed by atoms with van der Waals surface area (Å²) in [6, 6.07) is 7.46. The summed E-state index contributed by atoms with van der Waals surface area (Å²) in [4.78, 5) is 11.8. The molecule has 0 unspecified atom stereocenters. The first-order valence-electron chi connectivity index (χ1n) is 6.26. The number of amides is 1. The summed E-state index contributed by atoms with van der Waals surface area (Å²) in [7, 11) is 3.26. The molecule has 0 fully saturated rings. The summed E-state index contributed by atoms with van der Waals surface area (Å²) in [5.41, 5.74) is 1.71. The third-order valence-electron chi connectivity index (χ3n) is 2.95. The van der Waals surface area contributed by atoms with E-state index in [0.717, 1.165) is 17.1 Å². The van der Waals surface area contributed by atoms with E-state index >= 15 is 0 Å². The van der Waals surface area contributed by atoms with Crippen molar-refractivity contribution < 1.29 is 14.3 Å². The van der Waals surface area contributed by atoms with Gasteiger partial charge in [0.05, 0.1) is 14.2 Å². The second-order valence-corrected chi connectivity index (χ2v) is 4.98. The number of nitrogens with one attached hydrogen (secondary N) is 1. The average Bonchev–Trinajstić information content (AvgIpc) is 3.01. The lowest BCUT2D eigenvalue weighted by Gasteiger charge is -2.11. The molecule has 0 aliphatic heterocycles. The van der Waals surface area contributed by atoms with Gasteiger partial charge in [0.15, 0.2) is 0 Å². The van der Waals surface area contributed by atoms with Gasteiger partial charge in [-0.05, 0) is 41.6 Å². The fourth-order valence-electron chi connectivity index (χ4n) is 1.88. The predicted molar refractivity (Wildman–Crippen MR) is 79.9 cm³/mol. The molecule has 5 heteroatoms. The van der Waals surface area contributed by atoms with Crippen molar-refractivity contribution in [3.8, 4) is 11.5 Å². The van der Waals surface area contributed by atoms with Crippen molar-refractivity contribution in [2.45, 2.75) is 6.42 Å². The summed E-state index contributed by atoms with van der Waals surface area (Å²) in [6.45, 7) is 0.554. The van der Waals surface area contributed by atoms with Gasteiger partial charge in [-0.1, -0.05) is 0 Å². The number of carbonyl (C=O) groups excluding carboxylic acids is 1. The van der Waals surface area contributed by atoms with Gasteiger partial charge >= 0.3 is 0 Å². The Labute approximate surface area is 122 Å². The van der Waals surface area contributed by atoms with E-state index in [4.69, 9.17) is 9.47 Å². The van der Waals surface area contributed by atoms with Gasteiger partial charge in [-0.15, -0.1) is 0 Å².